The van der Waals surface area contributed by atoms with E-state index >= 15 is 0 Å². The molecule has 0 aromatic heterocycles. The maximum Gasteiger partial charge on any atom is 0.141 e. The van der Waals surface area contributed by atoms with Crippen LogP contribution >= 0.6 is 12.6 Å². The van der Waals surface area contributed by atoms with Gasteiger partial charge in [0.2, 0.25) is 0 Å². The van der Waals surface area contributed by atoms with E-state index in [2.05, 4.69) is 37.0 Å². The first kappa shape index (κ1) is 11.2. The van der Waals surface area contributed by atoms with E-state index in [0.29, 0.717) is 0 Å². The second-order valence-corrected chi connectivity index (χ2v) is 3.49. The average molecular weight is 211 g/mol. The minimum Gasteiger partial charge on any atom is -0.495 e. The molecule has 0 fully saturated rings. The summed E-state index contributed by atoms with van der Waals surface area (Å²) in [5.41, 5.74) is 2.37. The Kier molecular flexibility index (Phi) is 4.66. The molecule has 14 heavy (non-hydrogen) atoms. The van der Waals surface area contributed by atoms with E-state index in [0.717, 1.165) is 30.2 Å². The highest BCUT2D eigenvalue weighted by Gasteiger charge is 2.02. The van der Waals surface area contributed by atoms with Crippen molar-refractivity contribution in [2.24, 2.45) is 0 Å². The molecule has 1 rings (SSSR count). The van der Waals surface area contributed by atoms with Gasteiger partial charge in [-0.05, 0) is 24.1 Å². The van der Waals surface area contributed by atoms with Crippen molar-refractivity contribution < 1.29 is 4.74 Å². The first-order chi connectivity index (χ1) is 6.81. The Bertz CT molecular complexity index is 289. The molecule has 0 unspecified atom stereocenters. The summed E-state index contributed by atoms with van der Waals surface area (Å²) in [6, 6.07) is 6.21. The summed E-state index contributed by atoms with van der Waals surface area (Å²) in [6.45, 7) is 3.00. The van der Waals surface area contributed by atoms with Gasteiger partial charge in [-0.3, -0.25) is 0 Å². The Morgan fingerprint density at radius 1 is 1.43 bits per heavy atom. The van der Waals surface area contributed by atoms with Gasteiger partial charge < -0.3 is 10.1 Å². The lowest BCUT2D eigenvalue weighted by molar-refractivity contribution is 0.416. The summed E-state index contributed by atoms with van der Waals surface area (Å²) < 4.78 is 5.25. The normalized spacial score (nSPS) is 9.93. The number of benzene rings is 1. The van der Waals surface area contributed by atoms with Crippen molar-refractivity contribution >= 4 is 18.3 Å². The van der Waals surface area contributed by atoms with Crippen LogP contribution in [-0.4, -0.2) is 19.4 Å². The number of hydrogen-bond acceptors (Lipinski definition) is 3. The summed E-state index contributed by atoms with van der Waals surface area (Å²) in [6.07, 6.45) is 1.04. The molecule has 1 N–H and O–H groups in total. The third kappa shape index (κ3) is 2.84. The van der Waals surface area contributed by atoms with Gasteiger partial charge in [0, 0.05) is 12.3 Å². The predicted octanol–water partition coefficient (Wildman–Crippen LogP) is 2.60. The van der Waals surface area contributed by atoms with Crippen LogP contribution in [0.2, 0.25) is 0 Å². The van der Waals surface area contributed by atoms with Crippen molar-refractivity contribution in [2.45, 2.75) is 13.3 Å². The van der Waals surface area contributed by atoms with Crippen LogP contribution in [0.15, 0.2) is 18.2 Å². The molecule has 0 aliphatic rings. The molecule has 2 nitrogen and oxygen atoms in total. The topological polar surface area (TPSA) is 21.3 Å². The number of thiol groups is 1. The van der Waals surface area contributed by atoms with Gasteiger partial charge in [-0.2, -0.15) is 12.6 Å². The van der Waals surface area contributed by atoms with E-state index < -0.39 is 0 Å². The first-order valence-electron chi connectivity index (χ1n) is 4.83. The quantitative estimate of drug-likeness (QED) is 0.731. The van der Waals surface area contributed by atoms with E-state index in [1.165, 1.54) is 5.56 Å². The van der Waals surface area contributed by atoms with E-state index in [9.17, 15) is 0 Å². The van der Waals surface area contributed by atoms with Crippen molar-refractivity contribution in [1.82, 2.24) is 0 Å². The number of aryl methyl sites for hydroxylation is 1. The highest BCUT2D eigenvalue weighted by molar-refractivity contribution is 7.80. The number of rotatable bonds is 5. The minimum atomic E-state index is 0.819. The molecular formula is C11H17NOS. The molecule has 1 aromatic carbocycles. The maximum atomic E-state index is 5.25. The molecule has 0 bridgehead atoms. The van der Waals surface area contributed by atoms with Crippen LogP contribution in [0.4, 0.5) is 5.69 Å². The number of nitrogens with one attached hydrogen (secondary N) is 1. The Hall–Kier alpha value is -0.830. The lowest BCUT2D eigenvalue weighted by atomic mass is 10.1. The predicted molar refractivity (Wildman–Crippen MR) is 64.7 cm³/mol. The summed E-state index contributed by atoms with van der Waals surface area (Å²) >= 11 is 4.16. The Morgan fingerprint density at radius 2 is 2.21 bits per heavy atom. The van der Waals surface area contributed by atoms with Crippen molar-refractivity contribution in [3.63, 3.8) is 0 Å². The minimum absolute atomic E-state index is 0.819. The molecule has 0 saturated carbocycles. The Morgan fingerprint density at radius 3 is 2.79 bits per heavy atom. The van der Waals surface area contributed by atoms with Gasteiger partial charge in [-0.1, -0.05) is 13.0 Å². The first-order valence-corrected chi connectivity index (χ1v) is 5.46. The standard InChI is InChI=1S/C11H17NOS/c1-3-9-4-5-11(13-2)10(8-9)12-6-7-14/h4-5,8,12,14H,3,6-7H2,1-2H3. The van der Waals surface area contributed by atoms with Gasteiger partial charge in [0.1, 0.15) is 5.75 Å². The van der Waals surface area contributed by atoms with E-state index in [-0.39, 0.29) is 0 Å². The van der Waals surface area contributed by atoms with Crippen molar-refractivity contribution in [1.29, 1.82) is 0 Å². The van der Waals surface area contributed by atoms with Gasteiger partial charge in [-0.15, -0.1) is 0 Å². The van der Waals surface area contributed by atoms with Crippen LogP contribution in [0, 0.1) is 0 Å². The number of ether oxygens (including phenoxy) is 1. The van der Waals surface area contributed by atoms with Crippen LogP contribution in [-0.2, 0) is 6.42 Å². The molecular weight excluding hydrogens is 194 g/mol. The van der Waals surface area contributed by atoms with Crippen LogP contribution < -0.4 is 10.1 Å². The second kappa shape index (κ2) is 5.81. The molecule has 0 spiro atoms. The van der Waals surface area contributed by atoms with Crippen molar-refractivity contribution in [3.05, 3.63) is 23.8 Å². The van der Waals surface area contributed by atoms with Gasteiger partial charge in [0.25, 0.3) is 0 Å². The van der Waals surface area contributed by atoms with Crippen LogP contribution in [0.1, 0.15) is 12.5 Å². The maximum absolute atomic E-state index is 5.25. The van der Waals surface area contributed by atoms with Gasteiger partial charge >= 0.3 is 0 Å². The largest absolute Gasteiger partial charge is 0.495 e. The molecule has 0 atom stereocenters. The lowest BCUT2D eigenvalue weighted by Crippen LogP contribution is -2.04. The van der Waals surface area contributed by atoms with E-state index in [4.69, 9.17) is 4.74 Å². The van der Waals surface area contributed by atoms with Crippen LogP contribution in [0.25, 0.3) is 0 Å². The molecule has 0 radical (unpaired) electrons. The van der Waals surface area contributed by atoms with Crippen LogP contribution in [0.5, 0.6) is 5.75 Å². The monoisotopic (exact) mass is 211 g/mol. The smallest absolute Gasteiger partial charge is 0.141 e. The molecule has 0 saturated heterocycles. The third-order valence-corrected chi connectivity index (χ3v) is 2.32. The fourth-order valence-corrected chi connectivity index (χ4v) is 1.42. The van der Waals surface area contributed by atoms with Gasteiger partial charge in [0.05, 0.1) is 12.8 Å². The van der Waals surface area contributed by atoms with E-state index in [1.54, 1.807) is 7.11 Å². The fourth-order valence-electron chi connectivity index (χ4n) is 1.30. The SMILES string of the molecule is CCc1ccc(OC)c(NCCS)c1. The fraction of sp³-hybridized carbons (Fsp3) is 0.455. The van der Waals surface area contributed by atoms with Gasteiger partial charge in [0.15, 0.2) is 0 Å². The van der Waals surface area contributed by atoms with Crippen LogP contribution in [0.3, 0.4) is 0 Å². The van der Waals surface area contributed by atoms with E-state index in [1.807, 2.05) is 6.07 Å². The summed E-state index contributed by atoms with van der Waals surface area (Å²) in [4.78, 5) is 0. The molecule has 1 aromatic rings. The number of anilines is 1. The lowest BCUT2D eigenvalue weighted by Gasteiger charge is -2.11. The number of methoxy groups -OCH3 is 1. The third-order valence-electron chi connectivity index (χ3n) is 2.10. The zero-order chi connectivity index (χ0) is 10.4. The van der Waals surface area contributed by atoms with Crippen molar-refractivity contribution in [3.8, 4) is 5.75 Å². The summed E-state index contributed by atoms with van der Waals surface area (Å²) in [7, 11) is 1.69. The Labute approximate surface area is 91.1 Å². The van der Waals surface area contributed by atoms with Gasteiger partial charge in [-0.25, -0.2) is 0 Å². The summed E-state index contributed by atoms with van der Waals surface area (Å²) in [5, 5.41) is 3.29. The second-order valence-electron chi connectivity index (χ2n) is 3.04. The highest BCUT2D eigenvalue weighted by Crippen LogP contribution is 2.25. The number of hydrogen-bond donors (Lipinski definition) is 2. The molecule has 78 valence electrons. The molecule has 0 amide bonds. The average Bonchev–Trinajstić information content (AvgIpc) is 2.25. The Balaban J connectivity index is 2.84. The molecule has 0 aliphatic carbocycles. The molecule has 0 aliphatic heterocycles. The summed E-state index contributed by atoms with van der Waals surface area (Å²) in [5.74, 6) is 1.71. The zero-order valence-corrected chi connectivity index (χ0v) is 9.60. The highest BCUT2D eigenvalue weighted by atomic mass is 32.1. The van der Waals surface area contributed by atoms with Crippen molar-refractivity contribution in [2.75, 3.05) is 24.7 Å². The molecule has 0 heterocycles. The zero-order valence-electron chi connectivity index (χ0n) is 8.71. The molecule has 3 heteroatoms.